The number of hydrogen-bond acceptors (Lipinski definition) is 2. The molecule has 12 heavy (non-hydrogen) atoms. The molecule has 0 radical (unpaired) electrons. The van der Waals surface area contributed by atoms with Gasteiger partial charge >= 0.3 is 0 Å². The summed E-state index contributed by atoms with van der Waals surface area (Å²) < 4.78 is 5.56. The molecule has 66 valence electrons. The van der Waals surface area contributed by atoms with E-state index < -0.39 is 0 Å². The summed E-state index contributed by atoms with van der Waals surface area (Å²) in [6.07, 6.45) is 4.91. The standard InChI is InChI=1S/C10H14O2/c1-2-12-10(8-5-9-11)6-3-4-7-10/h9H,2-4,6-7H2,1H3. The summed E-state index contributed by atoms with van der Waals surface area (Å²) in [5.41, 5.74) is -0.296. The Kier molecular flexibility index (Phi) is 3.31. The highest BCUT2D eigenvalue weighted by molar-refractivity contribution is 5.73. The van der Waals surface area contributed by atoms with Crippen LogP contribution in [0.25, 0.3) is 0 Å². The van der Waals surface area contributed by atoms with Crippen molar-refractivity contribution in [2.45, 2.75) is 38.2 Å². The van der Waals surface area contributed by atoms with Crippen LogP contribution in [0.15, 0.2) is 0 Å². The first kappa shape index (κ1) is 9.28. The Labute approximate surface area is 73.3 Å². The Hall–Kier alpha value is -0.810. The molecule has 0 N–H and O–H groups in total. The van der Waals surface area contributed by atoms with E-state index in [2.05, 4.69) is 11.8 Å². The third-order valence-corrected chi connectivity index (χ3v) is 2.19. The Bertz CT molecular complexity index is 204. The Morgan fingerprint density at radius 1 is 1.50 bits per heavy atom. The van der Waals surface area contributed by atoms with Gasteiger partial charge in [-0.1, -0.05) is 5.92 Å². The molecular formula is C10H14O2. The molecule has 1 fully saturated rings. The highest BCUT2D eigenvalue weighted by Gasteiger charge is 2.32. The second-order valence-corrected chi connectivity index (χ2v) is 3.02. The smallest absolute Gasteiger partial charge is 0.192 e. The van der Waals surface area contributed by atoms with E-state index in [0.717, 1.165) is 25.7 Å². The quantitative estimate of drug-likeness (QED) is 0.459. The third-order valence-electron chi connectivity index (χ3n) is 2.19. The molecule has 0 aromatic rings. The van der Waals surface area contributed by atoms with Gasteiger partial charge in [0.2, 0.25) is 0 Å². The van der Waals surface area contributed by atoms with Crippen LogP contribution in [-0.4, -0.2) is 18.5 Å². The summed E-state index contributed by atoms with van der Waals surface area (Å²) in [5.74, 6) is 5.37. The lowest BCUT2D eigenvalue weighted by Crippen LogP contribution is -2.26. The number of rotatable bonds is 2. The average Bonchev–Trinajstić information content (AvgIpc) is 2.51. The predicted molar refractivity (Wildman–Crippen MR) is 46.7 cm³/mol. The van der Waals surface area contributed by atoms with Crippen molar-refractivity contribution in [3.8, 4) is 11.8 Å². The minimum absolute atomic E-state index is 0.296. The summed E-state index contributed by atoms with van der Waals surface area (Å²) >= 11 is 0. The molecule has 0 aromatic heterocycles. The van der Waals surface area contributed by atoms with E-state index in [1.165, 1.54) is 0 Å². The molecule has 0 bridgehead atoms. The van der Waals surface area contributed by atoms with Gasteiger partial charge in [-0.3, -0.25) is 4.79 Å². The molecule has 0 unspecified atom stereocenters. The fourth-order valence-corrected chi connectivity index (χ4v) is 1.69. The molecule has 1 saturated carbocycles. The highest BCUT2D eigenvalue weighted by atomic mass is 16.5. The summed E-state index contributed by atoms with van der Waals surface area (Å²) in [4.78, 5) is 10.1. The molecule has 2 heteroatoms. The van der Waals surface area contributed by atoms with Gasteiger partial charge in [0.15, 0.2) is 6.29 Å². The van der Waals surface area contributed by atoms with Gasteiger partial charge in [-0.15, -0.1) is 0 Å². The first-order chi connectivity index (χ1) is 5.83. The average molecular weight is 166 g/mol. The summed E-state index contributed by atoms with van der Waals surface area (Å²) in [7, 11) is 0. The maximum absolute atomic E-state index is 10.1. The number of carbonyl (C=O) groups excluding carboxylic acids is 1. The normalized spacial score (nSPS) is 19.8. The van der Waals surface area contributed by atoms with Crippen LogP contribution in [0.1, 0.15) is 32.6 Å². The van der Waals surface area contributed by atoms with E-state index in [1.807, 2.05) is 6.92 Å². The van der Waals surface area contributed by atoms with Crippen molar-refractivity contribution >= 4 is 6.29 Å². The maximum atomic E-state index is 10.1. The minimum Gasteiger partial charge on any atom is -0.363 e. The van der Waals surface area contributed by atoms with E-state index in [0.29, 0.717) is 12.9 Å². The molecule has 1 aliphatic rings. The SMILES string of the molecule is CCOC1(C#CC=O)CCCC1. The lowest BCUT2D eigenvalue weighted by atomic mass is 10.0. The monoisotopic (exact) mass is 166 g/mol. The molecule has 0 saturated heterocycles. The van der Waals surface area contributed by atoms with Crippen molar-refractivity contribution in [3.63, 3.8) is 0 Å². The van der Waals surface area contributed by atoms with E-state index >= 15 is 0 Å². The van der Waals surface area contributed by atoms with Gasteiger partial charge in [0, 0.05) is 6.61 Å². The lowest BCUT2D eigenvalue weighted by Gasteiger charge is -2.21. The van der Waals surface area contributed by atoms with E-state index in [1.54, 1.807) is 0 Å². The van der Waals surface area contributed by atoms with Gasteiger partial charge in [0.1, 0.15) is 5.60 Å². The van der Waals surface area contributed by atoms with Crippen LogP contribution in [0, 0.1) is 11.8 Å². The predicted octanol–water partition coefficient (Wildman–Crippen LogP) is 1.54. The first-order valence-electron chi connectivity index (χ1n) is 4.43. The zero-order valence-corrected chi connectivity index (χ0v) is 7.43. The fourth-order valence-electron chi connectivity index (χ4n) is 1.69. The molecule has 0 spiro atoms. The van der Waals surface area contributed by atoms with Crippen LogP contribution < -0.4 is 0 Å². The lowest BCUT2D eigenvalue weighted by molar-refractivity contribution is -0.103. The largest absolute Gasteiger partial charge is 0.363 e. The van der Waals surface area contributed by atoms with Crippen LogP contribution in [0.5, 0.6) is 0 Å². The molecule has 0 amide bonds. The molecule has 2 nitrogen and oxygen atoms in total. The second-order valence-electron chi connectivity index (χ2n) is 3.02. The number of ether oxygens (including phenoxy) is 1. The van der Waals surface area contributed by atoms with Gasteiger partial charge in [-0.25, -0.2) is 0 Å². The Morgan fingerprint density at radius 2 is 2.17 bits per heavy atom. The van der Waals surface area contributed by atoms with Crippen molar-refractivity contribution in [3.05, 3.63) is 0 Å². The van der Waals surface area contributed by atoms with Crippen molar-refractivity contribution in [2.75, 3.05) is 6.61 Å². The van der Waals surface area contributed by atoms with Crippen molar-refractivity contribution in [2.24, 2.45) is 0 Å². The first-order valence-corrected chi connectivity index (χ1v) is 4.43. The van der Waals surface area contributed by atoms with Gasteiger partial charge in [-0.05, 0) is 38.5 Å². The molecule has 0 heterocycles. The third kappa shape index (κ3) is 2.09. The number of hydrogen-bond donors (Lipinski definition) is 0. The van der Waals surface area contributed by atoms with E-state index in [4.69, 9.17) is 4.74 Å². The van der Waals surface area contributed by atoms with Gasteiger partial charge in [0.05, 0.1) is 0 Å². The zero-order valence-electron chi connectivity index (χ0n) is 7.43. The fraction of sp³-hybridized carbons (Fsp3) is 0.700. The summed E-state index contributed by atoms with van der Waals surface area (Å²) in [6.45, 7) is 2.64. The highest BCUT2D eigenvalue weighted by Crippen LogP contribution is 2.32. The molecule has 1 aliphatic carbocycles. The molecular weight excluding hydrogens is 152 g/mol. The van der Waals surface area contributed by atoms with Crippen LogP contribution in [0.4, 0.5) is 0 Å². The van der Waals surface area contributed by atoms with Crippen molar-refractivity contribution < 1.29 is 9.53 Å². The van der Waals surface area contributed by atoms with Crippen LogP contribution in [0.2, 0.25) is 0 Å². The van der Waals surface area contributed by atoms with E-state index in [9.17, 15) is 4.79 Å². The van der Waals surface area contributed by atoms with Gasteiger partial charge in [0.25, 0.3) is 0 Å². The van der Waals surface area contributed by atoms with Crippen LogP contribution >= 0.6 is 0 Å². The van der Waals surface area contributed by atoms with Crippen LogP contribution in [0.3, 0.4) is 0 Å². The Morgan fingerprint density at radius 3 is 2.67 bits per heavy atom. The van der Waals surface area contributed by atoms with Crippen molar-refractivity contribution in [1.82, 2.24) is 0 Å². The molecule has 0 aliphatic heterocycles. The second kappa shape index (κ2) is 4.27. The number of carbonyl (C=O) groups is 1. The molecule has 1 rings (SSSR count). The van der Waals surface area contributed by atoms with Crippen molar-refractivity contribution in [1.29, 1.82) is 0 Å². The molecule has 0 atom stereocenters. The topological polar surface area (TPSA) is 26.3 Å². The maximum Gasteiger partial charge on any atom is 0.192 e. The minimum atomic E-state index is -0.296. The summed E-state index contributed by atoms with van der Waals surface area (Å²) in [5, 5.41) is 0. The number of aldehydes is 1. The van der Waals surface area contributed by atoms with Gasteiger partial charge in [-0.2, -0.15) is 0 Å². The zero-order chi connectivity index (χ0) is 8.86. The molecule has 0 aromatic carbocycles. The van der Waals surface area contributed by atoms with Crippen LogP contribution in [-0.2, 0) is 9.53 Å². The van der Waals surface area contributed by atoms with Gasteiger partial charge < -0.3 is 4.74 Å². The summed E-state index contributed by atoms with van der Waals surface area (Å²) in [6, 6.07) is 0. The Balaban J connectivity index is 2.64. The van der Waals surface area contributed by atoms with E-state index in [-0.39, 0.29) is 5.60 Å².